The molecular formula is C15H22N2O3. The Morgan fingerprint density at radius 1 is 1.50 bits per heavy atom. The second-order valence-electron chi connectivity index (χ2n) is 5.39. The fourth-order valence-electron chi connectivity index (χ4n) is 2.83. The lowest BCUT2D eigenvalue weighted by Gasteiger charge is -2.38. The molecule has 0 radical (unpaired) electrons. The lowest BCUT2D eigenvalue weighted by molar-refractivity contribution is -0.152. The van der Waals surface area contributed by atoms with Crippen molar-refractivity contribution in [2.75, 3.05) is 20.2 Å². The third-order valence-electron chi connectivity index (χ3n) is 4.38. The zero-order valence-corrected chi connectivity index (χ0v) is 12.1. The molecule has 5 nitrogen and oxygen atoms in total. The Balaban J connectivity index is 1.99. The first-order chi connectivity index (χ1) is 9.61. The van der Waals surface area contributed by atoms with Crippen molar-refractivity contribution in [3.8, 4) is 5.88 Å². The fraction of sp³-hybridized carbons (Fsp3) is 0.600. The molecule has 0 amide bonds. The number of nitrogens with zero attached hydrogens (tertiary/aromatic N) is 2. The summed E-state index contributed by atoms with van der Waals surface area (Å²) in [4.78, 5) is 17.9. The second-order valence-corrected chi connectivity index (χ2v) is 5.39. The quantitative estimate of drug-likeness (QED) is 0.894. The molecule has 1 aromatic heterocycles. The first-order valence-corrected chi connectivity index (χ1v) is 7.05. The van der Waals surface area contributed by atoms with E-state index in [4.69, 9.17) is 4.74 Å². The predicted octanol–water partition coefficient (Wildman–Crippen LogP) is 2.17. The Hall–Kier alpha value is -1.62. The minimum absolute atomic E-state index is 0.532. The largest absolute Gasteiger partial charge is 0.481 e. The third-order valence-corrected chi connectivity index (χ3v) is 4.38. The number of carboxylic acid groups (broad SMARTS) is 1. The molecule has 0 atom stereocenters. The topological polar surface area (TPSA) is 62.7 Å². The van der Waals surface area contributed by atoms with Gasteiger partial charge in [-0.3, -0.25) is 9.69 Å². The Morgan fingerprint density at radius 2 is 2.20 bits per heavy atom. The molecule has 2 heterocycles. The molecule has 1 fully saturated rings. The zero-order chi connectivity index (χ0) is 14.6. The van der Waals surface area contributed by atoms with E-state index >= 15 is 0 Å². The highest BCUT2D eigenvalue weighted by Crippen LogP contribution is 2.35. The first kappa shape index (κ1) is 14.8. The van der Waals surface area contributed by atoms with Crippen LogP contribution in [0.15, 0.2) is 18.3 Å². The summed E-state index contributed by atoms with van der Waals surface area (Å²) in [5, 5.41) is 9.40. The van der Waals surface area contributed by atoms with E-state index in [-0.39, 0.29) is 0 Å². The average molecular weight is 278 g/mol. The molecule has 1 aliphatic rings. The van der Waals surface area contributed by atoms with Crippen molar-refractivity contribution < 1.29 is 14.6 Å². The summed E-state index contributed by atoms with van der Waals surface area (Å²) >= 11 is 0. The fourth-order valence-corrected chi connectivity index (χ4v) is 2.83. The van der Waals surface area contributed by atoms with Crippen LogP contribution in [0.25, 0.3) is 0 Å². The smallest absolute Gasteiger partial charge is 0.309 e. The van der Waals surface area contributed by atoms with Crippen molar-refractivity contribution in [1.82, 2.24) is 9.88 Å². The Labute approximate surface area is 119 Å². The van der Waals surface area contributed by atoms with Crippen LogP contribution in [0.3, 0.4) is 0 Å². The van der Waals surface area contributed by atoms with Crippen LogP contribution >= 0.6 is 0 Å². The molecule has 5 heteroatoms. The van der Waals surface area contributed by atoms with E-state index in [2.05, 4.69) is 9.88 Å². The van der Waals surface area contributed by atoms with Crippen LogP contribution in [0.2, 0.25) is 0 Å². The van der Waals surface area contributed by atoms with Crippen LogP contribution in [0.5, 0.6) is 5.88 Å². The van der Waals surface area contributed by atoms with Gasteiger partial charge in [0.05, 0.1) is 12.5 Å². The van der Waals surface area contributed by atoms with Crippen LogP contribution in [0.4, 0.5) is 0 Å². The maximum absolute atomic E-state index is 11.4. The van der Waals surface area contributed by atoms with Gasteiger partial charge < -0.3 is 9.84 Å². The van der Waals surface area contributed by atoms with Crippen molar-refractivity contribution in [3.63, 3.8) is 0 Å². The molecule has 0 spiro atoms. The number of likely N-dealkylation sites (tertiary alicyclic amines) is 1. The van der Waals surface area contributed by atoms with Crippen molar-refractivity contribution in [2.45, 2.75) is 32.7 Å². The van der Waals surface area contributed by atoms with E-state index in [0.29, 0.717) is 25.1 Å². The molecular weight excluding hydrogens is 256 g/mol. The predicted molar refractivity (Wildman–Crippen MR) is 75.7 cm³/mol. The summed E-state index contributed by atoms with van der Waals surface area (Å²) < 4.78 is 5.26. The van der Waals surface area contributed by atoms with E-state index in [1.165, 1.54) is 0 Å². The number of piperidine rings is 1. The van der Waals surface area contributed by atoms with E-state index in [1.807, 2.05) is 19.1 Å². The van der Waals surface area contributed by atoms with Crippen LogP contribution in [0.1, 0.15) is 31.7 Å². The summed E-state index contributed by atoms with van der Waals surface area (Å²) in [6.07, 6.45) is 3.83. The SMILES string of the molecule is CCC1(C(=O)O)CCN(Cc2cccnc2OC)CC1. The normalized spacial score (nSPS) is 18.7. The van der Waals surface area contributed by atoms with Crippen LogP contribution in [0, 0.1) is 5.41 Å². The second kappa shape index (κ2) is 6.22. The Kier molecular flexibility index (Phi) is 4.60. The molecule has 0 unspecified atom stereocenters. The number of pyridine rings is 1. The van der Waals surface area contributed by atoms with Gasteiger partial charge in [-0.05, 0) is 38.4 Å². The van der Waals surface area contributed by atoms with Gasteiger partial charge in [0.15, 0.2) is 0 Å². The highest BCUT2D eigenvalue weighted by Gasteiger charge is 2.39. The van der Waals surface area contributed by atoms with Gasteiger partial charge in [-0.25, -0.2) is 4.98 Å². The van der Waals surface area contributed by atoms with Crippen LogP contribution in [-0.4, -0.2) is 41.2 Å². The summed E-state index contributed by atoms with van der Waals surface area (Å²) in [6, 6.07) is 3.90. The number of aliphatic carboxylic acids is 1. The summed E-state index contributed by atoms with van der Waals surface area (Å²) in [7, 11) is 1.62. The lowest BCUT2D eigenvalue weighted by Crippen LogP contribution is -2.43. The van der Waals surface area contributed by atoms with Gasteiger partial charge in [-0.1, -0.05) is 13.0 Å². The molecule has 1 saturated heterocycles. The third kappa shape index (κ3) is 2.93. The minimum Gasteiger partial charge on any atom is -0.481 e. The summed E-state index contributed by atoms with van der Waals surface area (Å²) in [5.41, 5.74) is 0.518. The monoisotopic (exact) mass is 278 g/mol. The molecule has 0 bridgehead atoms. The van der Waals surface area contributed by atoms with Crippen LogP contribution in [-0.2, 0) is 11.3 Å². The molecule has 1 N–H and O–H groups in total. The molecule has 0 aliphatic carbocycles. The number of ether oxygens (including phenoxy) is 1. The number of methoxy groups -OCH3 is 1. The van der Waals surface area contributed by atoms with Gasteiger partial charge in [0.25, 0.3) is 0 Å². The Morgan fingerprint density at radius 3 is 2.75 bits per heavy atom. The van der Waals surface area contributed by atoms with Crippen LogP contribution < -0.4 is 4.74 Å². The zero-order valence-electron chi connectivity index (χ0n) is 12.1. The van der Waals surface area contributed by atoms with E-state index in [1.54, 1.807) is 13.3 Å². The van der Waals surface area contributed by atoms with Crippen molar-refractivity contribution in [2.24, 2.45) is 5.41 Å². The molecule has 0 saturated carbocycles. The van der Waals surface area contributed by atoms with Gasteiger partial charge in [-0.15, -0.1) is 0 Å². The maximum Gasteiger partial charge on any atom is 0.309 e. The maximum atomic E-state index is 11.4. The standard InChI is InChI=1S/C15H22N2O3/c1-3-15(14(18)19)6-9-17(10-7-15)11-12-5-4-8-16-13(12)20-2/h4-5,8H,3,6-7,9-11H2,1-2H3,(H,18,19). The number of aromatic nitrogens is 1. The first-order valence-electron chi connectivity index (χ1n) is 7.05. The molecule has 0 aromatic carbocycles. The molecule has 110 valence electrons. The van der Waals surface area contributed by atoms with Gasteiger partial charge in [-0.2, -0.15) is 0 Å². The Bertz CT molecular complexity index is 468. The molecule has 2 rings (SSSR count). The summed E-state index contributed by atoms with van der Waals surface area (Å²) in [6.45, 7) is 4.33. The molecule has 1 aliphatic heterocycles. The van der Waals surface area contributed by atoms with E-state index in [0.717, 1.165) is 25.2 Å². The minimum atomic E-state index is -0.654. The highest BCUT2D eigenvalue weighted by molar-refractivity contribution is 5.74. The van der Waals surface area contributed by atoms with Gasteiger partial charge in [0, 0.05) is 18.3 Å². The number of carboxylic acids is 1. The number of hydrogen-bond donors (Lipinski definition) is 1. The average Bonchev–Trinajstić information content (AvgIpc) is 2.48. The van der Waals surface area contributed by atoms with Gasteiger partial charge in [0.1, 0.15) is 0 Å². The van der Waals surface area contributed by atoms with E-state index < -0.39 is 11.4 Å². The molecule has 1 aromatic rings. The summed E-state index contributed by atoms with van der Waals surface area (Å²) in [5.74, 6) is -0.00308. The highest BCUT2D eigenvalue weighted by atomic mass is 16.5. The van der Waals surface area contributed by atoms with Gasteiger partial charge in [0.2, 0.25) is 5.88 Å². The van der Waals surface area contributed by atoms with Crippen molar-refractivity contribution in [1.29, 1.82) is 0 Å². The number of rotatable bonds is 5. The van der Waals surface area contributed by atoms with Gasteiger partial charge >= 0.3 is 5.97 Å². The number of hydrogen-bond acceptors (Lipinski definition) is 4. The number of carbonyl (C=O) groups is 1. The molecule has 20 heavy (non-hydrogen) atoms. The van der Waals surface area contributed by atoms with Crippen molar-refractivity contribution in [3.05, 3.63) is 23.9 Å². The van der Waals surface area contributed by atoms with Crippen molar-refractivity contribution >= 4 is 5.97 Å². The van der Waals surface area contributed by atoms with E-state index in [9.17, 15) is 9.90 Å². The lowest BCUT2D eigenvalue weighted by atomic mass is 9.76.